The molecule has 0 fully saturated rings. The Labute approximate surface area is 102 Å². The van der Waals surface area contributed by atoms with Crippen molar-refractivity contribution < 1.29 is 30.5 Å². The second kappa shape index (κ2) is 5.87. The van der Waals surface area contributed by atoms with Crippen LogP contribution in [0.2, 0.25) is 0 Å². The zero-order valence-corrected chi connectivity index (χ0v) is 9.74. The highest BCUT2D eigenvalue weighted by atomic mass is 32.2. The third-order valence-electron chi connectivity index (χ3n) is 1.71. The zero-order valence-electron chi connectivity index (χ0n) is 8.92. The Hall–Kier alpha value is -1.54. The van der Waals surface area contributed by atoms with Gasteiger partial charge in [0, 0.05) is 0 Å². The normalized spacial score (nSPS) is 12.8. The minimum Gasteiger partial charge on any atom is -0.474 e. The number of rotatable bonds is 5. The summed E-state index contributed by atoms with van der Waals surface area (Å²) in [6.45, 7) is -1.04. The number of alkyl halides is 3. The lowest BCUT2D eigenvalue weighted by molar-refractivity contribution is -0.0607. The molecule has 0 atom stereocenters. The van der Waals surface area contributed by atoms with Gasteiger partial charge in [-0.15, -0.1) is 0 Å². The Morgan fingerprint density at radius 1 is 1.17 bits per heavy atom. The van der Waals surface area contributed by atoms with Crippen molar-refractivity contribution in [2.45, 2.75) is 5.51 Å². The summed E-state index contributed by atoms with van der Waals surface area (Å²) < 4.78 is 64.4. The highest BCUT2D eigenvalue weighted by molar-refractivity contribution is 7.87. The summed E-state index contributed by atoms with van der Waals surface area (Å²) in [6.07, 6.45) is 2.49. The molecule has 8 heteroatoms. The van der Waals surface area contributed by atoms with Gasteiger partial charge in [0.25, 0.3) is 0 Å². The highest BCUT2D eigenvalue weighted by Gasteiger charge is 2.47. The zero-order chi connectivity index (χ0) is 13.6. The van der Waals surface area contributed by atoms with E-state index in [1.165, 1.54) is 6.08 Å². The summed E-state index contributed by atoms with van der Waals surface area (Å²) in [6, 6.07) is 8.76. The molecule has 0 aliphatic rings. The average molecular weight is 282 g/mol. The monoisotopic (exact) mass is 282 g/mol. The van der Waals surface area contributed by atoms with Gasteiger partial charge in [0.1, 0.15) is 0 Å². The van der Waals surface area contributed by atoms with Crippen molar-refractivity contribution in [3.63, 3.8) is 0 Å². The maximum atomic E-state index is 11.8. The molecule has 0 spiro atoms. The van der Waals surface area contributed by atoms with Crippen LogP contribution in [-0.4, -0.2) is 20.7 Å². The number of halogens is 3. The Kier molecular flexibility index (Phi) is 4.74. The van der Waals surface area contributed by atoms with Crippen molar-refractivity contribution >= 4 is 16.2 Å². The van der Waals surface area contributed by atoms with Crippen molar-refractivity contribution in [2.75, 3.05) is 6.79 Å². The first-order chi connectivity index (χ1) is 8.33. The van der Waals surface area contributed by atoms with Crippen LogP contribution < -0.4 is 0 Å². The van der Waals surface area contributed by atoms with Crippen LogP contribution in [0.25, 0.3) is 6.08 Å². The highest BCUT2D eigenvalue weighted by Crippen LogP contribution is 2.24. The largest absolute Gasteiger partial charge is 0.523 e. The summed E-state index contributed by atoms with van der Waals surface area (Å²) in [4.78, 5) is 0. The van der Waals surface area contributed by atoms with Crippen molar-refractivity contribution in [3.05, 3.63) is 42.2 Å². The molecular weight excluding hydrogens is 273 g/mol. The predicted molar refractivity (Wildman–Crippen MR) is 57.5 cm³/mol. The fourth-order valence-electron chi connectivity index (χ4n) is 0.888. The van der Waals surface area contributed by atoms with Gasteiger partial charge in [0.15, 0.2) is 0 Å². The fourth-order valence-corrected chi connectivity index (χ4v) is 1.20. The molecule has 0 radical (unpaired) electrons. The second-order valence-electron chi connectivity index (χ2n) is 3.02. The van der Waals surface area contributed by atoms with Gasteiger partial charge in [-0.1, -0.05) is 30.3 Å². The van der Waals surface area contributed by atoms with Crippen molar-refractivity contribution in [3.8, 4) is 0 Å². The molecule has 0 saturated carbocycles. The molecule has 0 unspecified atom stereocenters. The Bertz CT molecular complexity index is 494. The fraction of sp³-hybridized carbons (Fsp3) is 0.200. The number of hydrogen-bond acceptors (Lipinski definition) is 4. The lowest BCUT2D eigenvalue weighted by Gasteiger charge is -2.07. The van der Waals surface area contributed by atoms with Crippen LogP contribution in [-0.2, 0) is 19.0 Å². The summed E-state index contributed by atoms with van der Waals surface area (Å²) in [7, 11) is -5.60. The van der Waals surface area contributed by atoms with E-state index in [0.29, 0.717) is 0 Å². The Balaban J connectivity index is 2.39. The summed E-state index contributed by atoms with van der Waals surface area (Å²) in [5.41, 5.74) is -4.70. The van der Waals surface area contributed by atoms with Gasteiger partial charge in [0.05, 0.1) is 6.26 Å². The quantitative estimate of drug-likeness (QED) is 0.274. The second-order valence-corrected chi connectivity index (χ2v) is 4.62. The number of benzene rings is 1. The SMILES string of the molecule is O=S(=O)(OCOC=Cc1ccccc1)C(F)(F)F. The number of hydrogen-bond donors (Lipinski definition) is 0. The summed E-state index contributed by atoms with van der Waals surface area (Å²) in [5.74, 6) is 0. The molecule has 1 rings (SSSR count). The molecule has 0 N–H and O–H groups in total. The molecule has 4 nitrogen and oxygen atoms in total. The van der Waals surface area contributed by atoms with Gasteiger partial charge in [0.2, 0.25) is 6.79 Å². The van der Waals surface area contributed by atoms with Gasteiger partial charge < -0.3 is 4.74 Å². The molecular formula is C10H9F3O4S. The maximum absolute atomic E-state index is 11.8. The molecule has 18 heavy (non-hydrogen) atoms. The number of ether oxygens (including phenoxy) is 1. The van der Waals surface area contributed by atoms with Gasteiger partial charge in [-0.2, -0.15) is 21.6 Å². The molecule has 0 bridgehead atoms. The summed E-state index contributed by atoms with van der Waals surface area (Å²) >= 11 is 0. The topological polar surface area (TPSA) is 52.6 Å². The van der Waals surface area contributed by atoms with Gasteiger partial charge in [-0.05, 0) is 11.6 Å². The van der Waals surface area contributed by atoms with Crippen LogP contribution in [0.1, 0.15) is 5.56 Å². The van der Waals surface area contributed by atoms with E-state index in [4.69, 9.17) is 0 Å². The molecule has 0 amide bonds. The van der Waals surface area contributed by atoms with E-state index in [1.54, 1.807) is 30.3 Å². The summed E-state index contributed by atoms with van der Waals surface area (Å²) in [5, 5.41) is 0. The van der Waals surface area contributed by atoms with Crippen molar-refractivity contribution in [1.82, 2.24) is 0 Å². The predicted octanol–water partition coefficient (Wildman–Crippen LogP) is 2.50. The van der Waals surface area contributed by atoms with E-state index in [9.17, 15) is 21.6 Å². The first kappa shape index (κ1) is 14.5. The van der Waals surface area contributed by atoms with Gasteiger partial charge in [-0.3, -0.25) is 0 Å². The average Bonchev–Trinajstić information content (AvgIpc) is 2.28. The molecule has 0 heterocycles. The van der Waals surface area contributed by atoms with Crippen LogP contribution in [0.4, 0.5) is 13.2 Å². The van der Waals surface area contributed by atoms with E-state index in [1.807, 2.05) is 0 Å². The molecule has 0 aromatic heterocycles. The lowest BCUT2D eigenvalue weighted by atomic mass is 10.2. The molecule has 1 aromatic rings. The third-order valence-corrected chi connectivity index (χ3v) is 2.68. The van der Waals surface area contributed by atoms with E-state index in [0.717, 1.165) is 11.8 Å². The van der Waals surface area contributed by atoms with Gasteiger partial charge in [-0.25, -0.2) is 4.18 Å². The van der Waals surface area contributed by atoms with Crippen LogP contribution in [0.15, 0.2) is 36.6 Å². The Morgan fingerprint density at radius 3 is 2.33 bits per heavy atom. The maximum Gasteiger partial charge on any atom is 0.523 e. The van der Waals surface area contributed by atoms with Crippen molar-refractivity contribution in [1.29, 1.82) is 0 Å². The lowest BCUT2D eigenvalue weighted by Crippen LogP contribution is -2.26. The van der Waals surface area contributed by atoms with E-state index in [2.05, 4.69) is 8.92 Å². The molecule has 0 aliphatic heterocycles. The third kappa shape index (κ3) is 4.38. The Morgan fingerprint density at radius 2 is 1.78 bits per heavy atom. The molecule has 1 aromatic carbocycles. The van der Waals surface area contributed by atoms with Crippen LogP contribution in [0, 0.1) is 0 Å². The molecule has 0 aliphatic carbocycles. The minimum atomic E-state index is -5.60. The van der Waals surface area contributed by atoms with E-state index < -0.39 is 22.4 Å². The minimum absolute atomic E-state index is 0.746. The van der Waals surface area contributed by atoms with Crippen LogP contribution >= 0.6 is 0 Å². The first-order valence-corrected chi connectivity index (χ1v) is 6.03. The van der Waals surface area contributed by atoms with Crippen molar-refractivity contribution in [2.24, 2.45) is 0 Å². The smallest absolute Gasteiger partial charge is 0.474 e. The van der Waals surface area contributed by atoms with Crippen LogP contribution in [0.3, 0.4) is 0 Å². The first-order valence-electron chi connectivity index (χ1n) is 4.62. The standard InChI is InChI=1S/C10H9F3O4S/c11-10(12,13)18(14,15)17-8-16-7-6-9-4-2-1-3-5-9/h1-7H,8H2. The van der Waals surface area contributed by atoms with E-state index in [-0.39, 0.29) is 0 Å². The van der Waals surface area contributed by atoms with E-state index >= 15 is 0 Å². The molecule has 100 valence electrons. The van der Waals surface area contributed by atoms with Gasteiger partial charge >= 0.3 is 15.6 Å². The molecule has 0 saturated heterocycles. The van der Waals surface area contributed by atoms with Crippen LogP contribution in [0.5, 0.6) is 0 Å².